The molecule has 4 atom stereocenters. The van der Waals surface area contributed by atoms with Gasteiger partial charge in [0.05, 0.1) is 6.42 Å². The molecule has 8 heteroatoms. The van der Waals surface area contributed by atoms with Crippen molar-refractivity contribution < 1.29 is 24.1 Å². The second-order valence-corrected chi connectivity index (χ2v) is 10.1. The number of piperidine rings is 1. The number of hydrogen-bond donors (Lipinski definition) is 3. The Balaban J connectivity index is 1.52. The number of rotatable bonds is 10. The summed E-state index contributed by atoms with van der Waals surface area (Å²) in [6.45, 7) is 8.08. The summed E-state index contributed by atoms with van der Waals surface area (Å²) in [6, 6.07) is 12.3. The van der Waals surface area contributed by atoms with E-state index in [1.807, 2.05) is 12.1 Å². The number of benzene rings is 2. The van der Waals surface area contributed by atoms with Gasteiger partial charge in [0.25, 0.3) is 0 Å². The van der Waals surface area contributed by atoms with Crippen molar-refractivity contribution >= 4 is 17.6 Å². The Bertz CT molecular complexity index is 970. The van der Waals surface area contributed by atoms with Crippen molar-refractivity contribution in [3.05, 3.63) is 64.4 Å². The maximum absolute atomic E-state index is 13.6. The summed E-state index contributed by atoms with van der Waals surface area (Å²) in [4.78, 5) is 13.5. The lowest BCUT2D eigenvalue weighted by molar-refractivity contribution is -0.136. The molecular weight excluding hydrogens is 459 g/mol. The second kappa shape index (κ2) is 11.5. The van der Waals surface area contributed by atoms with Crippen molar-refractivity contribution in [2.75, 3.05) is 19.7 Å². The Hall–Kier alpha value is -2.19. The quantitative estimate of drug-likeness (QED) is 0.463. The molecule has 3 N–H and O–H groups in total. The first-order chi connectivity index (χ1) is 16.0. The molecule has 1 saturated heterocycles. The Morgan fingerprint density at radius 1 is 1.26 bits per heavy atom. The fraction of sp³-hybridized carbons (Fsp3) is 0.500. The predicted octanol–water partition coefficient (Wildman–Crippen LogP) is 4.12. The molecule has 0 bridgehead atoms. The van der Waals surface area contributed by atoms with Gasteiger partial charge in [-0.2, -0.15) is 0 Å². The number of carboxylic acid groups (broad SMARTS) is 1. The number of nitrogens with one attached hydrogen (secondary N) is 1. The molecule has 1 aliphatic rings. The molecule has 1 fully saturated rings. The van der Waals surface area contributed by atoms with Gasteiger partial charge in [-0.1, -0.05) is 36.7 Å². The monoisotopic (exact) mass is 492 g/mol. The van der Waals surface area contributed by atoms with E-state index in [0.717, 1.165) is 30.6 Å². The number of likely N-dealkylation sites (tertiary alicyclic amines) is 1. The SMILES string of the molecule is C[C@@H]1CN(Cc2ccc(Cl)cc2)[C@@H](C)C[C@H]1NC[C@](C)(O)COc1cc(F)ccc1CC(=O)O. The van der Waals surface area contributed by atoms with Gasteiger partial charge in [0.1, 0.15) is 23.8 Å². The summed E-state index contributed by atoms with van der Waals surface area (Å²) in [5.74, 6) is -1.03. The highest BCUT2D eigenvalue weighted by molar-refractivity contribution is 6.30. The lowest BCUT2D eigenvalue weighted by Gasteiger charge is -2.43. The molecule has 6 nitrogen and oxygen atoms in total. The smallest absolute Gasteiger partial charge is 0.307 e. The van der Waals surface area contributed by atoms with Crippen LogP contribution in [0.5, 0.6) is 5.75 Å². The molecule has 186 valence electrons. The predicted molar refractivity (Wildman–Crippen MR) is 131 cm³/mol. The van der Waals surface area contributed by atoms with Crippen LogP contribution in [0.4, 0.5) is 4.39 Å². The van der Waals surface area contributed by atoms with Gasteiger partial charge < -0.3 is 20.3 Å². The average Bonchev–Trinajstić information content (AvgIpc) is 2.76. The van der Waals surface area contributed by atoms with E-state index in [1.54, 1.807) is 6.92 Å². The van der Waals surface area contributed by atoms with Crippen LogP contribution in [0.3, 0.4) is 0 Å². The maximum atomic E-state index is 13.6. The molecule has 1 aliphatic heterocycles. The van der Waals surface area contributed by atoms with Crippen LogP contribution in [0.2, 0.25) is 5.02 Å². The van der Waals surface area contributed by atoms with Crippen LogP contribution in [0.1, 0.15) is 38.3 Å². The Kier molecular flexibility index (Phi) is 8.93. The normalized spacial score (nSPS) is 22.8. The molecule has 0 amide bonds. The van der Waals surface area contributed by atoms with Crippen molar-refractivity contribution in [3.63, 3.8) is 0 Å². The minimum atomic E-state index is -1.21. The van der Waals surface area contributed by atoms with Crippen molar-refractivity contribution in [1.82, 2.24) is 10.2 Å². The molecule has 2 aromatic carbocycles. The number of aliphatic carboxylic acids is 1. The van der Waals surface area contributed by atoms with Crippen LogP contribution in [0, 0.1) is 11.7 Å². The summed E-state index contributed by atoms with van der Waals surface area (Å²) in [5, 5.41) is 24.1. The van der Waals surface area contributed by atoms with Gasteiger partial charge in [0.15, 0.2) is 0 Å². The van der Waals surface area contributed by atoms with Gasteiger partial charge in [-0.25, -0.2) is 4.39 Å². The highest BCUT2D eigenvalue weighted by Crippen LogP contribution is 2.26. The van der Waals surface area contributed by atoms with Gasteiger partial charge in [-0.15, -0.1) is 0 Å². The van der Waals surface area contributed by atoms with Gasteiger partial charge in [-0.3, -0.25) is 9.69 Å². The van der Waals surface area contributed by atoms with E-state index in [9.17, 15) is 14.3 Å². The average molecular weight is 493 g/mol. The number of halogens is 2. The lowest BCUT2D eigenvalue weighted by Crippen LogP contribution is -2.55. The molecule has 0 saturated carbocycles. The molecule has 3 rings (SSSR count). The molecule has 0 unspecified atom stereocenters. The first-order valence-electron chi connectivity index (χ1n) is 11.6. The van der Waals surface area contributed by atoms with Crippen LogP contribution in [-0.2, 0) is 17.8 Å². The summed E-state index contributed by atoms with van der Waals surface area (Å²) in [7, 11) is 0. The summed E-state index contributed by atoms with van der Waals surface area (Å²) < 4.78 is 19.3. The number of ether oxygens (including phenoxy) is 1. The highest BCUT2D eigenvalue weighted by Gasteiger charge is 2.32. The van der Waals surface area contributed by atoms with Crippen LogP contribution >= 0.6 is 11.6 Å². The van der Waals surface area contributed by atoms with Gasteiger partial charge in [-0.05, 0) is 49.9 Å². The molecule has 2 aromatic rings. The maximum Gasteiger partial charge on any atom is 0.307 e. The third-order valence-electron chi connectivity index (χ3n) is 6.38. The topological polar surface area (TPSA) is 82.0 Å². The van der Waals surface area contributed by atoms with Gasteiger partial charge in [0.2, 0.25) is 0 Å². The molecule has 34 heavy (non-hydrogen) atoms. The largest absolute Gasteiger partial charge is 0.490 e. The van der Waals surface area contributed by atoms with E-state index in [-0.39, 0.29) is 24.8 Å². The Labute approximate surface area is 205 Å². The summed E-state index contributed by atoms with van der Waals surface area (Å²) in [6.07, 6.45) is 0.665. The standard InChI is InChI=1S/C26H34ClFN2O4/c1-17-13-30(14-19-4-7-21(27)8-5-19)18(2)10-23(17)29-15-26(3,33)16-34-24-12-22(28)9-6-20(24)11-25(31)32/h4-9,12,17-18,23,29,33H,10-11,13-16H2,1-3H3,(H,31,32)/t17-,18+,23-,26+/m1/s1. The zero-order valence-corrected chi connectivity index (χ0v) is 20.7. The van der Waals surface area contributed by atoms with Crippen LogP contribution in [0.15, 0.2) is 42.5 Å². The summed E-state index contributed by atoms with van der Waals surface area (Å²) in [5.41, 5.74) is 0.388. The van der Waals surface area contributed by atoms with Crippen LogP contribution in [0.25, 0.3) is 0 Å². The Morgan fingerprint density at radius 3 is 2.65 bits per heavy atom. The molecule has 0 aliphatic carbocycles. The lowest BCUT2D eigenvalue weighted by atomic mass is 9.88. The van der Waals surface area contributed by atoms with Crippen molar-refractivity contribution in [2.24, 2.45) is 5.92 Å². The zero-order valence-electron chi connectivity index (χ0n) is 19.9. The van der Waals surface area contributed by atoms with Gasteiger partial charge in [0, 0.05) is 48.4 Å². The fourth-order valence-corrected chi connectivity index (χ4v) is 4.49. The van der Waals surface area contributed by atoms with E-state index in [1.165, 1.54) is 17.7 Å². The molecular formula is C26H34ClFN2O4. The van der Waals surface area contributed by atoms with Crippen LogP contribution in [-0.4, -0.2) is 58.5 Å². The minimum absolute atomic E-state index is 0.0879. The first kappa shape index (κ1) is 26.4. The number of hydrogen-bond acceptors (Lipinski definition) is 5. The van der Waals surface area contributed by atoms with Crippen molar-refractivity contribution in [2.45, 2.75) is 57.8 Å². The van der Waals surface area contributed by atoms with Crippen molar-refractivity contribution in [3.8, 4) is 5.75 Å². The van der Waals surface area contributed by atoms with Crippen molar-refractivity contribution in [1.29, 1.82) is 0 Å². The van der Waals surface area contributed by atoms with E-state index in [2.05, 4.69) is 36.2 Å². The number of carbonyl (C=O) groups is 1. The second-order valence-electron chi connectivity index (χ2n) is 9.71. The molecule has 0 aromatic heterocycles. The number of aliphatic hydroxyl groups is 1. The molecule has 0 spiro atoms. The minimum Gasteiger partial charge on any atom is -0.490 e. The Morgan fingerprint density at radius 2 is 1.97 bits per heavy atom. The fourth-order valence-electron chi connectivity index (χ4n) is 4.36. The third-order valence-corrected chi connectivity index (χ3v) is 6.63. The van der Waals surface area contributed by atoms with Gasteiger partial charge >= 0.3 is 5.97 Å². The highest BCUT2D eigenvalue weighted by atomic mass is 35.5. The van der Waals surface area contributed by atoms with E-state index in [4.69, 9.17) is 21.4 Å². The number of carboxylic acids is 1. The van der Waals surface area contributed by atoms with Crippen LogP contribution < -0.4 is 10.1 Å². The zero-order chi connectivity index (χ0) is 24.9. The van der Waals surface area contributed by atoms with E-state index >= 15 is 0 Å². The third kappa shape index (κ3) is 7.67. The van der Waals surface area contributed by atoms with E-state index in [0.29, 0.717) is 24.1 Å². The summed E-state index contributed by atoms with van der Waals surface area (Å²) >= 11 is 6.00. The first-order valence-corrected chi connectivity index (χ1v) is 12.0. The number of nitrogens with zero attached hydrogens (tertiary/aromatic N) is 1. The molecule has 1 heterocycles. The molecule has 0 radical (unpaired) electrons. The van der Waals surface area contributed by atoms with E-state index < -0.39 is 17.4 Å².